The van der Waals surface area contributed by atoms with Crippen molar-refractivity contribution in [3.63, 3.8) is 0 Å². The van der Waals surface area contributed by atoms with Gasteiger partial charge < -0.3 is 39.4 Å². The molecule has 45 heavy (non-hydrogen) atoms. The summed E-state index contributed by atoms with van der Waals surface area (Å²) in [6.45, 7) is 7.01. The molecule has 1 aromatic rings. The molecule has 4 N–H and O–H groups in total. The molecule has 0 spiro atoms. The number of allylic oxidation sites excluding steroid dienone is 2. The minimum atomic E-state index is -2.61. The van der Waals surface area contributed by atoms with Crippen molar-refractivity contribution in [2.24, 2.45) is 10.8 Å². The van der Waals surface area contributed by atoms with Crippen molar-refractivity contribution in [1.29, 1.82) is 0 Å². The van der Waals surface area contributed by atoms with Crippen LogP contribution in [0.4, 0.5) is 0 Å². The van der Waals surface area contributed by atoms with E-state index >= 15 is 0 Å². The van der Waals surface area contributed by atoms with Gasteiger partial charge in [0.25, 0.3) is 0 Å². The minimum Gasteiger partial charge on any atom is -0.507 e. The van der Waals surface area contributed by atoms with Gasteiger partial charge in [0.1, 0.15) is 45.5 Å². The number of carbonyl (C=O) groups is 3. The zero-order valence-corrected chi connectivity index (χ0v) is 26.4. The molecule has 1 saturated heterocycles. The van der Waals surface area contributed by atoms with Gasteiger partial charge in [0.15, 0.2) is 22.9 Å². The highest BCUT2D eigenvalue weighted by molar-refractivity contribution is 6.34. The number of epoxide rings is 1. The highest BCUT2D eigenvalue weighted by Gasteiger charge is 2.84. The van der Waals surface area contributed by atoms with Crippen LogP contribution in [0, 0.1) is 17.8 Å². The fraction of sp³-hybridized carbons (Fsp3) is 0.485. The summed E-state index contributed by atoms with van der Waals surface area (Å²) in [5, 5.41) is 45.0. The predicted molar refractivity (Wildman–Crippen MR) is 158 cm³/mol. The van der Waals surface area contributed by atoms with Gasteiger partial charge in [0.05, 0.1) is 14.2 Å². The number of benzene rings is 1. The Morgan fingerprint density at radius 3 is 2.38 bits per heavy atom. The molecule has 0 amide bonds. The van der Waals surface area contributed by atoms with E-state index < -0.39 is 80.0 Å². The first-order valence-electron chi connectivity index (χ1n) is 14.5. The summed E-state index contributed by atoms with van der Waals surface area (Å²) in [4.78, 5) is 39.4. The van der Waals surface area contributed by atoms with Gasteiger partial charge in [-0.1, -0.05) is 24.6 Å². The van der Waals surface area contributed by atoms with E-state index in [4.69, 9.17) is 30.5 Å². The molecule has 0 radical (unpaired) electrons. The number of aliphatic hydroxyl groups excluding tert-OH is 1. The third-order valence-electron chi connectivity index (χ3n) is 9.97. The number of fused-ring (bicyclic) bond motifs is 1. The molecule has 2 unspecified atom stereocenters. The molecule has 4 bridgehead atoms. The van der Waals surface area contributed by atoms with Crippen molar-refractivity contribution in [3.05, 3.63) is 70.0 Å². The number of hydrogen-bond acceptors (Lipinski definition) is 11. The summed E-state index contributed by atoms with van der Waals surface area (Å²) in [5.41, 5.74) is -6.33. The number of aliphatic hydroxyl groups is 2. The summed E-state index contributed by atoms with van der Waals surface area (Å²) in [7, 11) is 2.44. The van der Waals surface area contributed by atoms with Gasteiger partial charge in [-0.3, -0.25) is 9.59 Å². The number of carbonyl (C=O) groups excluding carboxylic acids is 3. The summed E-state index contributed by atoms with van der Waals surface area (Å²) >= 11 is 7.28. The lowest BCUT2D eigenvalue weighted by molar-refractivity contribution is -0.175. The van der Waals surface area contributed by atoms with E-state index in [1.807, 2.05) is 19.9 Å². The number of hydrogen-bond donors (Lipinski definition) is 4. The molecule has 11 nitrogen and oxygen atoms in total. The van der Waals surface area contributed by atoms with Gasteiger partial charge >= 0.3 is 11.9 Å². The summed E-state index contributed by atoms with van der Waals surface area (Å²) < 4.78 is 22.7. The number of aromatic hydroxyl groups is 2. The average molecular weight is 643 g/mol. The Labute approximate surface area is 264 Å². The summed E-state index contributed by atoms with van der Waals surface area (Å²) in [6.07, 6.45) is 2.60. The zero-order valence-electron chi connectivity index (χ0n) is 25.6. The molecular weight excluding hydrogens is 608 g/mol. The molecule has 5 aliphatic carbocycles. The van der Waals surface area contributed by atoms with Crippen molar-refractivity contribution < 1.29 is 53.8 Å². The monoisotopic (exact) mass is 642 g/mol. The number of alkyl halides is 1. The number of Topliss-reactive ketones (excluding diaryl/α,β-unsaturated/α-hetero) is 1. The van der Waals surface area contributed by atoms with Crippen LogP contribution in [0.2, 0.25) is 0 Å². The molecule has 1 aromatic carbocycles. The van der Waals surface area contributed by atoms with Gasteiger partial charge in [-0.05, 0) is 62.6 Å². The Kier molecular flexibility index (Phi) is 6.74. The van der Waals surface area contributed by atoms with Gasteiger partial charge in [0.2, 0.25) is 0 Å². The van der Waals surface area contributed by atoms with Crippen molar-refractivity contribution >= 4 is 29.3 Å². The molecular formula is C33H35ClO11. The molecule has 7 rings (SSSR count). The molecule has 6 aliphatic rings. The Balaban J connectivity index is 1.54. The largest absolute Gasteiger partial charge is 0.507 e. The molecule has 2 fully saturated rings. The van der Waals surface area contributed by atoms with Crippen LogP contribution < -0.4 is 0 Å². The Morgan fingerprint density at radius 1 is 1.16 bits per heavy atom. The number of halogens is 1. The van der Waals surface area contributed by atoms with E-state index in [2.05, 4.69) is 0 Å². The first-order chi connectivity index (χ1) is 21.0. The Bertz CT molecular complexity index is 1660. The number of phenolic OH excluding ortho intramolecular Hbond substituents is 2. The first-order valence-corrected chi connectivity index (χ1v) is 14.9. The highest BCUT2D eigenvalue weighted by Crippen LogP contribution is 2.73. The molecule has 1 heterocycles. The number of rotatable bonds is 7. The SMILES string of the molecule is COC(=O)[C@@]12C=C(OC)C3(Cl)C(C)(C=C(C4=C[C@H](O)[C@@H]5O[C@]5(CC=C(C)C)[C@@H]4OC(=O)c4c(O)cc(C)cc4O)[C@]3(O)C1=O)C2. The van der Waals surface area contributed by atoms with Crippen LogP contribution in [0.5, 0.6) is 11.5 Å². The fourth-order valence-corrected chi connectivity index (χ4v) is 8.34. The van der Waals surface area contributed by atoms with Crippen molar-refractivity contribution in [1.82, 2.24) is 0 Å². The smallest absolute Gasteiger partial charge is 0.346 e. The maximum Gasteiger partial charge on any atom is 0.346 e. The van der Waals surface area contributed by atoms with Crippen LogP contribution in [0.15, 0.2) is 58.9 Å². The van der Waals surface area contributed by atoms with Crippen LogP contribution in [-0.4, -0.2) is 86.8 Å². The van der Waals surface area contributed by atoms with E-state index in [0.29, 0.717) is 5.56 Å². The van der Waals surface area contributed by atoms with Crippen LogP contribution in [-0.2, 0) is 28.5 Å². The fourth-order valence-electron chi connectivity index (χ4n) is 7.90. The Hall–Kier alpha value is -3.64. The molecule has 240 valence electrons. The number of ether oxygens (including phenoxy) is 4. The second-order valence-corrected chi connectivity index (χ2v) is 13.6. The highest BCUT2D eigenvalue weighted by atomic mass is 35.5. The van der Waals surface area contributed by atoms with Gasteiger partial charge in [-0.25, -0.2) is 4.79 Å². The second-order valence-electron chi connectivity index (χ2n) is 13.1. The number of esters is 2. The number of methoxy groups -OCH3 is 2. The van der Waals surface area contributed by atoms with E-state index in [-0.39, 0.29) is 29.7 Å². The lowest BCUT2D eigenvalue weighted by Crippen LogP contribution is -2.74. The maximum atomic E-state index is 14.4. The molecule has 1 aliphatic heterocycles. The zero-order chi connectivity index (χ0) is 33.1. The van der Waals surface area contributed by atoms with Crippen LogP contribution in [0.1, 0.15) is 49.5 Å². The van der Waals surface area contributed by atoms with E-state index in [9.17, 15) is 34.8 Å². The van der Waals surface area contributed by atoms with E-state index in [1.165, 1.54) is 31.4 Å². The van der Waals surface area contributed by atoms with Gasteiger partial charge in [0, 0.05) is 17.4 Å². The first kappa shape index (κ1) is 31.3. The lowest BCUT2D eigenvalue weighted by Gasteiger charge is -2.58. The van der Waals surface area contributed by atoms with Crippen LogP contribution in [0.3, 0.4) is 0 Å². The second kappa shape index (κ2) is 9.68. The standard InChI is InChI=1S/C33H35ClO11/c1-15(2)7-8-31-24(44-26(38)23-19(35)9-16(3)10-20(23)36)17(11-21(37)25(31)45-31)18-12-29(4)14-30(28(40)43-6)13-22(42-5)33(29,34)32(18,41)27(30)39/h7,9-13,21,24-25,35-37,41H,8,14H2,1-6H3/t21-,24+,25-,29?,30+,31+,32-,33?/m0/s1. The third-order valence-corrected chi connectivity index (χ3v) is 10.9. The molecule has 12 heteroatoms. The third kappa shape index (κ3) is 3.78. The lowest BCUT2D eigenvalue weighted by atomic mass is 9.49. The van der Waals surface area contributed by atoms with Crippen LogP contribution in [0.25, 0.3) is 0 Å². The van der Waals surface area contributed by atoms with Crippen molar-refractivity contribution in [3.8, 4) is 11.5 Å². The maximum absolute atomic E-state index is 14.4. The number of aryl methyl sites for hydroxylation is 1. The summed E-state index contributed by atoms with van der Waals surface area (Å²) in [6, 6.07) is 2.58. The van der Waals surface area contributed by atoms with Gasteiger partial charge in [-0.2, -0.15) is 0 Å². The predicted octanol–water partition coefficient (Wildman–Crippen LogP) is 3.06. The summed E-state index contributed by atoms with van der Waals surface area (Å²) in [5.74, 6) is -4.03. The molecule has 8 atom stereocenters. The van der Waals surface area contributed by atoms with Gasteiger partial charge in [-0.15, -0.1) is 11.6 Å². The van der Waals surface area contributed by atoms with E-state index in [0.717, 1.165) is 12.7 Å². The molecule has 0 aromatic heterocycles. The number of ketones is 1. The normalized spacial score (nSPS) is 38.8. The number of phenols is 2. The average Bonchev–Trinajstić information content (AvgIpc) is 3.69. The Morgan fingerprint density at radius 2 is 1.80 bits per heavy atom. The molecule has 1 saturated carbocycles. The topological polar surface area (TPSA) is 172 Å². The van der Waals surface area contributed by atoms with E-state index in [1.54, 1.807) is 19.9 Å². The van der Waals surface area contributed by atoms with Crippen LogP contribution >= 0.6 is 11.6 Å². The quantitative estimate of drug-likeness (QED) is 0.113. The minimum absolute atomic E-state index is 0.0172. The van der Waals surface area contributed by atoms with Crippen molar-refractivity contribution in [2.75, 3.05) is 14.2 Å². The van der Waals surface area contributed by atoms with Crippen molar-refractivity contribution in [2.45, 2.75) is 74.9 Å².